The van der Waals surface area contributed by atoms with Crippen LogP contribution in [0.1, 0.15) is 49.7 Å². The van der Waals surface area contributed by atoms with Crippen molar-refractivity contribution in [2.75, 3.05) is 6.54 Å². The molecule has 2 atom stereocenters. The largest absolute Gasteiger partial charge is 0.326 e. The van der Waals surface area contributed by atoms with Crippen LogP contribution in [-0.4, -0.2) is 17.5 Å². The number of piperidine rings is 1. The molecule has 3 rings (SSSR count). The summed E-state index contributed by atoms with van der Waals surface area (Å²) < 4.78 is 1.22. The minimum absolute atomic E-state index is 0.618. The van der Waals surface area contributed by atoms with E-state index in [0.29, 0.717) is 6.54 Å². The van der Waals surface area contributed by atoms with Crippen LogP contribution in [0.25, 0.3) is 0 Å². The maximum Gasteiger partial charge on any atom is 0.0247 e. The normalized spacial score (nSPS) is 27.3. The van der Waals surface area contributed by atoms with Gasteiger partial charge in [0.2, 0.25) is 0 Å². The summed E-state index contributed by atoms with van der Waals surface area (Å²) in [6, 6.07) is 7.43. The molecule has 0 amide bonds. The molecule has 2 nitrogen and oxygen atoms in total. The zero-order chi connectivity index (χ0) is 13.9. The number of rotatable bonds is 3. The Balaban J connectivity index is 1.72. The topological polar surface area (TPSA) is 29.3 Å². The lowest BCUT2D eigenvalue weighted by Crippen LogP contribution is -2.46. The molecule has 2 N–H and O–H groups in total. The first-order valence-electron chi connectivity index (χ1n) is 7.99. The fourth-order valence-corrected chi connectivity index (χ4v) is 4.54. The van der Waals surface area contributed by atoms with Crippen LogP contribution in [0, 0.1) is 5.92 Å². The van der Waals surface area contributed by atoms with Gasteiger partial charge in [-0.25, -0.2) is 0 Å². The molecule has 3 heteroatoms. The second-order valence-corrected chi connectivity index (χ2v) is 7.21. The predicted octanol–water partition coefficient (Wildman–Crippen LogP) is 4.06. The van der Waals surface area contributed by atoms with Gasteiger partial charge in [-0.3, -0.25) is 4.90 Å². The van der Waals surface area contributed by atoms with Crippen molar-refractivity contribution >= 4 is 15.9 Å². The Kier molecular flexibility index (Phi) is 4.79. The molecule has 1 saturated carbocycles. The van der Waals surface area contributed by atoms with Crippen molar-refractivity contribution in [1.82, 2.24) is 4.90 Å². The lowest BCUT2D eigenvalue weighted by atomic mass is 9.78. The number of nitrogens with zero attached hydrogens (tertiary/aromatic N) is 1. The number of nitrogens with two attached hydrogens (primary N) is 1. The molecular weight excluding hydrogens is 312 g/mol. The third-order valence-electron chi connectivity index (χ3n) is 5.08. The van der Waals surface area contributed by atoms with Gasteiger partial charge >= 0.3 is 0 Å². The molecule has 1 aromatic rings. The van der Waals surface area contributed by atoms with E-state index in [2.05, 4.69) is 39.0 Å². The van der Waals surface area contributed by atoms with Crippen LogP contribution in [0.4, 0.5) is 0 Å². The molecule has 2 fully saturated rings. The summed E-state index contributed by atoms with van der Waals surface area (Å²) in [6.07, 6.45) is 8.56. The highest BCUT2D eigenvalue weighted by Crippen LogP contribution is 2.36. The number of hydrogen-bond acceptors (Lipinski definition) is 2. The van der Waals surface area contributed by atoms with Gasteiger partial charge in [0.05, 0.1) is 0 Å². The van der Waals surface area contributed by atoms with E-state index in [4.69, 9.17) is 5.73 Å². The molecule has 2 unspecified atom stereocenters. The van der Waals surface area contributed by atoms with Crippen LogP contribution in [0.15, 0.2) is 22.7 Å². The molecule has 110 valence electrons. The molecule has 0 bridgehead atoms. The average molecular weight is 337 g/mol. The summed E-state index contributed by atoms with van der Waals surface area (Å²) in [4.78, 5) is 2.73. The van der Waals surface area contributed by atoms with Crippen LogP contribution in [-0.2, 0) is 13.1 Å². The maximum absolute atomic E-state index is 5.71. The van der Waals surface area contributed by atoms with E-state index in [-0.39, 0.29) is 0 Å². The van der Waals surface area contributed by atoms with E-state index in [1.165, 1.54) is 60.7 Å². The summed E-state index contributed by atoms with van der Waals surface area (Å²) in [5.41, 5.74) is 8.32. The van der Waals surface area contributed by atoms with Gasteiger partial charge in [0, 0.05) is 23.6 Å². The summed E-state index contributed by atoms with van der Waals surface area (Å²) >= 11 is 3.72. The van der Waals surface area contributed by atoms with E-state index in [9.17, 15) is 0 Å². The predicted molar refractivity (Wildman–Crippen MR) is 87.4 cm³/mol. The first-order valence-corrected chi connectivity index (χ1v) is 8.78. The highest BCUT2D eigenvalue weighted by Gasteiger charge is 2.33. The van der Waals surface area contributed by atoms with Gasteiger partial charge in [-0.2, -0.15) is 0 Å². The Morgan fingerprint density at radius 1 is 1.15 bits per heavy atom. The fraction of sp³-hybridized carbons (Fsp3) is 0.647. The van der Waals surface area contributed by atoms with Gasteiger partial charge in [-0.1, -0.05) is 40.9 Å². The van der Waals surface area contributed by atoms with Crippen molar-refractivity contribution in [3.05, 3.63) is 33.8 Å². The summed E-state index contributed by atoms with van der Waals surface area (Å²) in [5.74, 6) is 0.958. The Hall–Kier alpha value is -0.380. The van der Waals surface area contributed by atoms with Gasteiger partial charge < -0.3 is 5.73 Å². The van der Waals surface area contributed by atoms with Gasteiger partial charge in [-0.05, 0) is 55.3 Å². The molecule has 1 aliphatic carbocycles. The highest BCUT2D eigenvalue weighted by molar-refractivity contribution is 9.10. The van der Waals surface area contributed by atoms with Crippen molar-refractivity contribution in [2.24, 2.45) is 11.7 Å². The van der Waals surface area contributed by atoms with E-state index in [0.717, 1.165) is 18.5 Å². The van der Waals surface area contributed by atoms with Crippen molar-refractivity contribution in [1.29, 1.82) is 0 Å². The molecule has 2 aliphatic rings. The number of benzene rings is 1. The highest BCUT2D eigenvalue weighted by atomic mass is 79.9. The monoisotopic (exact) mass is 336 g/mol. The summed E-state index contributed by atoms with van der Waals surface area (Å²) in [6.45, 7) is 2.98. The smallest absolute Gasteiger partial charge is 0.0247 e. The lowest BCUT2D eigenvalue weighted by molar-refractivity contribution is 0.0545. The molecule has 1 saturated heterocycles. The van der Waals surface area contributed by atoms with Crippen LogP contribution in [0.3, 0.4) is 0 Å². The second kappa shape index (κ2) is 6.59. The molecule has 0 radical (unpaired) electrons. The molecule has 0 spiro atoms. The summed E-state index contributed by atoms with van der Waals surface area (Å²) in [7, 11) is 0. The molecule has 1 aliphatic heterocycles. The standard InChI is InChI=1S/C17H25BrN2/c18-16-10-13(11-19)7-8-15(16)12-20-9-3-5-14-4-1-2-6-17(14)20/h7-8,10,14,17H,1-6,9,11-12,19H2. The third-order valence-corrected chi connectivity index (χ3v) is 5.82. The van der Waals surface area contributed by atoms with Gasteiger partial charge in [0.1, 0.15) is 0 Å². The quantitative estimate of drug-likeness (QED) is 0.901. The van der Waals surface area contributed by atoms with Crippen LogP contribution < -0.4 is 5.73 Å². The van der Waals surface area contributed by atoms with Crippen LogP contribution in [0.2, 0.25) is 0 Å². The maximum atomic E-state index is 5.71. The van der Waals surface area contributed by atoms with Gasteiger partial charge in [-0.15, -0.1) is 0 Å². The average Bonchev–Trinajstić information content (AvgIpc) is 2.49. The third kappa shape index (κ3) is 3.10. The molecule has 1 heterocycles. The van der Waals surface area contributed by atoms with Gasteiger partial charge in [0.25, 0.3) is 0 Å². The number of halogens is 1. The molecule has 0 aromatic heterocycles. The number of fused-ring (bicyclic) bond motifs is 1. The first-order chi connectivity index (χ1) is 9.78. The fourth-order valence-electron chi connectivity index (χ4n) is 3.99. The van der Waals surface area contributed by atoms with Crippen molar-refractivity contribution < 1.29 is 0 Å². The Labute approximate surface area is 130 Å². The minimum atomic E-state index is 0.618. The minimum Gasteiger partial charge on any atom is -0.326 e. The van der Waals surface area contributed by atoms with E-state index in [1.807, 2.05) is 0 Å². The van der Waals surface area contributed by atoms with Crippen LogP contribution >= 0.6 is 15.9 Å². The van der Waals surface area contributed by atoms with E-state index in [1.54, 1.807) is 0 Å². The molecule has 1 aromatic carbocycles. The lowest BCUT2D eigenvalue weighted by Gasteiger charge is -2.44. The zero-order valence-corrected chi connectivity index (χ0v) is 13.7. The van der Waals surface area contributed by atoms with Crippen molar-refractivity contribution in [3.8, 4) is 0 Å². The summed E-state index contributed by atoms with van der Waals surface area (Å²) in [5, 5.41) is 0. The van der Waals surface area contributed by atoms with E-state index < -0.39 is 0 Å². The van der Waals surface area contributed by atoms with Crippen LogP contribution in [0.5, 0.6) is 0 Å². The van der Waals surface area contributed by atoms with Gasteiger partial charge in [0.15, 0.2) is 0 Å². The second-order valence-electron chi connectivity index (χ2n) is 6.35. The number of likely N-dealkylation sites (tertiary alicyclic amines) is 1. The Bertz CT molecular complexity index is 458. The van der Waals surface area contributed by atoms with Crippen molar-refractivity contribution in [3.63, 3.8) is 0 Å². The van der Waals surface area contributed by atoms with Crippen molar-refractivity contribution in [2.45, 2.75) is 57.7 Å². The van der Waals surface area contributed by atoms with E-state index >= 15 is 0 Å². The Morgan fingerprint density at radius 3 is 2.75 bits per heavy atom. The molecular formula is C17H25BrN2. The zero-order valence-electron chi connectivity index (χ0n) is 12.2. The first kappa shape index (κ1) is 14.6. The Morgan fingerprint density at radius 2 is 1.95 bits per heavy atom. The number of hydrogen-bond donors (Lipinski definition) is 1. The SMILES string of the molecule is NCc1ccc(CN2CCCC3CCCCC32)c(Br)c1. The molecule has 20 heavy (non-hydrogen) atoms.